The van der Waals surface area contributed by atoms with Crippen LogP contribution in [0.3, 0.4) is 0 Å². The first-order chi connectivity index (χ1) is 13.1. The highest BCUT2D eigenvalue weighted by Gasteiger charge is 2.34. The number of nitrogens with zero attached hydrogens (tertiary/aromatic N) is 2. The predicted molar refractivity (Wildman–Crippen MR) is 108 cm³/mol. The molecular formula is C21H23ClN2O4. The number of ether oxygens (including phenoxy) is 1. The van der Waals surface area contributed by atoms with Crippen molar-refractivity contribution in [2.75, 3.05) is 33.3 Å². The van der Waals surface area contributed by atoms with E-state index in [0.29, 0.717) is 13.1 Å². The molecule has 1 fully saturated rings. The zero-order valence-corrected chi connectivity index (χ0v) is 16.4. The lowest BCUT2D eigenvalue weighted by Gasteiger charge is -2.36. The van der Waals surface area contributed by atoms with Gasteiger partial charge in [-0.15, -0.1) is 12.4 Å². The number of likely N-dealkylation sites (N-methyl/N-ethyl adjacent to an activating group) is 1. The van der Waals surface area contributed by atoms with E-state index in [4.69, 9.17) is 4.74 Å². The Labute approximate surface area is 170 Å². The van der Waals surface area contributed by atoms with E-state index in [1.54, 1.807) is 11.9 Å². The maximum atomic E-state index is 12.5. The fourth-order valence-corrected chi connectivity index (χ4v) is 3.99. The number of carbonyl (C=O) groups is 2. The maximum Gasteiger partial charge on any atom is 0.409 e. The van der Waals surface area contributed by atoms with Crippen LogP contribution in [-0.4, -0.2) is 66.3 Å². The van der Waals surface area contributed by atoms with E-state index in [1.807, 2.05) is 24.3 Å². The van der Waals surface area contributed by atoms with Gasteiger partial charge in [0.2, 0.25) is 0 Å². The summed E-state index contributed by atoms with van der Waals surface area (Å²) >= 11 is 0. The molecule has 1 amide bonds. The van der Waals surface area contributed by atoms with Crippen LogP contribution in [0, 0.1) is 0 Å². The van der Waals surface area contributed by atoms with Crippen molar-refractivity contribution in [2.45, 2.75) is 12.0 Å². The Bertz CT molecular complexity index is 843. The third-order valence-corrected chi connectivity index (χ3v) is 5.53. The minimum atomic E-state index is -0.923. The highest BCUT2D eigenvalue weighted by atomic mass is 35.5. The summed E-state index contributed by atoms with van der Waals surface area (Å²) in [4.78, 5) is 27.1. The Kier molecular flexibility index (Phi) is 5.91. The van der Waals surface area contributed by atoms with Gasteiger partial charge in [0.15, 0.2) is 0 Å². The molecule has 1 heterocycles. The molecule has 1 saturated heterocycles. The number of benzene rings is 2. The predicted octanol–water partition coefficient (Wildman–Crippen LogP) is 3.06. The first-order valence-electron chi connectivity index (χ1n) is 9.09. The number of rotatable bonds is 3. The van der Waals surface area contributed by atoms with Crippen LogP contribution in [0.2, 0.25) is 0 Å². The Morgan fingerprint density at radius 1 is 1.04 bits per heavy atom. The lowest BCUT2D eigenvalue weighted by atomic mass is 9.98. The molecular weight excluding hydrogens is 380 g/mol. The van der Waals surface area contributed by atoms with Gasteiger partial charge in [0.05, 0.1) is 6.54 Å². The molecule has 1 aliphatic carbocycles. The summed E-state index contributed by atoms with van der Waals surface area (Å²) in [5.74, 6) is -0.919. The van der Waals surface area contributed by atoms with Gasteiger partial charge in [0.25, 0.3) is 0 Å². The summed E-state index contributed by atoms with van der Waals surface area (Å²) in [5.41, 5.74) is 4.68. The highest BCUT2D eigenvalue weighted by molar-refractivity contribution is 5.85. The Balaban J connectivity index is 0.00000225. The maximum absolute atomic E-state index is 12.5. The molecule has 1 N–H and O–H groups in total. The van der Waals surface area contributed by atoms with E-state index < -0.39 is 18.1 Å². The Morgan fingerprint density at radius 2 is 1.61 bits per heavy atom. The van der Waals surface area contributed by atoms with Gasteiger partial charge in [0, 0.05) is 19.0 Å². The average Bonchev–Trinajstić information content (AvgIpc) is 3.00. The quantitative estimate of drug-likeness (QED) is 0.854. The molecule has 0 saturated carbocycles. The van der Waals surface area contributed by atoms with E-state index in [2.05, 4.69) is 24.3 Å². The molecule has 0 spiro atoms. The molecule has 0 bridgehead atoms. The van der Waals surface area contributed by atoms with Crippen LogP contribution in [0.5, 0.6) is 0 Å². The number of amides is 1. The number of carbonyl (C=O) groups excluding carboxylic acids is 1. The van der Waals surface area contributed by atoms with Crippen LogP contribution in [0.1, 0.15) is 17.0 Å². The van der Waals surface area contributed by atoms with E-state index in [-0.39, 0.29) is 31.5 Å². The Hall–Kier alpha value is -2.57. The number of carboxylic acid groups (broad SMARTS) is 1. The Morgan fingerprint density at radius 3 is 2.18 bits per heavy atom. The number of fused-ring (bicyclic) bond motifs is 3. The van der Waals surface area contributed by atoms with Crippen LogP contribution in [0.4, 0.5) is 4.79 Å². The van der Waals surface area contributed by atoms with Gasteiger partial charge in [-0.3, -0.25) is 9.69 Å². The van der Waals surface area contributed by atoms with Crippen molar-refractivity contribution < 1.29 is 19.4 Å². The van der Waals surface area contributed by atoms with E-state index in [0.717, 1.165) is 11.1 Å². The van der Waals surface area contributed by atoms with Gasteiger partial charge in [-0.25, -0.2) is 4.79 Å². The summed E-state index contributed by atoms with van der Waals surface area (Å²) in [7, 11) is 1.76. The van der Waals surface area contributed by atoms with Crippen LogP contribution >= 0.6 is 12.4 Å². The van der Waals surface area contributed by atoms with Crippen LogP contribution in [-0.2, 0) is 9.53 Å². The van der Waals surface area contributed by atoms with Crippen molar-refractivity contribution in [3.63, 3.8) is 0 Å². The van der Waals surface area contributed by atoms with Crippen molar-refractivity contribution in [1.29, 1.82) is 0 Å². The second kappa shape index (κ2) is 8.20. The zero-order chi connectivity index (χ0) is 19.0. The number of hydrogen-bond donors (Lipinski definition) is 1. The summed E-state index contributed by atoms with van der Waals surface area (Å²) in [5, 5.41) is 9.31. The molecule has 0 aromatic heterocycles. The fraction of sp³-hybridized carbons (Fsp3) is 0.333. The number of halogens is 1. The van der Waals surface area contributed by atoms with Gasteiger partial charge in [-0.05, 0) is 29.3 Å². The standard InChI is InChI=1S/C21H22N2O4.ClH/c1-22-10-11-23(12-19(22)20(24)25)21(26)27-13-18-16-8-4-2-6-14(16)15-7-3-5-9-17(15)18;/h2-9,18-19H,10-13H2,1H3,(H,24,25);1H. The minimum Gasteiger partial charge on any atom is -0.480 e. The zero-order valence-electron chi connectivity index (χ0n) is 15.6. The van der Waals surface area contributed by atoms with Crippen molar-refractivity contribution in [2.24, 2.45) is 0 Å². The second-order valence-electron chi connectivity index (χ2n) is 7.08. The first-order valence-corrected chi connectivity index (χ1v) is 9.09. The highest BCUT2D eigenvalue weighted by Crippen LogP contribution is 2.44. The molecule has 2 aromatic carbocycles. The molecule has 1 aliphatic heterocycles. The molecule has 7 heteroatoms. The topological polar surface area (TPSA) is 70.1 Å². The van der Waals surface area contributed by atoms with Gasteiger partial charge < -0.3 is 14.7 Å². The molecule has 1 atom stereocenters. The van der Waals surface area contributed by atoms with Crippen molar-refractivity contribution in [3.8, 4) is 11.1 Å². The lowest BCUT2D eigenvalue weighted by Crippen LogP contribution is -2.56. The number of carboxylic acids is 1. The van der Waals surface area contributed by atoms with E-state index >= 15 is 0 Å². The normalized spacial score (nSPS) is 18.8. The lowest BCUT2D eigenvalue weighted by molar-refractivity contribution is -0.144. The number of hydrogen-bond acceptors (Lipinski definition) is 4. The van der Waals surface area contributed by atoms with Gasteiger partial charge in [0.1, 0.15) is 12.6 Å². The largest absolute Gasteiger partial charge is 0.480 e. The second-order valence-corrected chi connectivity index (χ2v) is 7.08. The van der Waals surface area contributed by atoms with E-state index in [9.17, 15) is 14.7 Å². The summed E-state index contributed by atoms with van der Waals surface area (Å²) in [6.45, 7) is 1.37. The molecule has 0 radical (unpaired) electrons. The molecule has 1 unspecified atom stereocenters. The SMILES string of the molecule is CN1CCN(C(=O)OCC2c3ccccc3-c3ccccc32)CC1C(=O)O.Cl. The van der Waals surface area contributed by atoms with Crippen LogP contribution in [0.25, 0.3) is 11.1 Å². The van der Waals surface area contributed by atoms with Crippen LogP contribution in [0.15, 0.2) is 48.5 Å². The molecule has 148 valence electrons. The van der Waals surface area contributed by atoms with Gasteiger partial charge >= 0.3 is 12.1 Å². The summed E-state index contributed by atoms with van der Waals surface area (Å²) in [6.07, 6.45) is -0.448. The molecule has 28 heavy (non-hydrogen) atoms. The third kappa shape index (κ3) is 3.57. The fourth-order valence-electron chi connectivity index (χ4n) is 3.99. The smallest absolute Gasteiger partial charge is 0.409 e. The number of aliphatic carboxylic acids is 1. The van der Waals surface area contributed by atoms with Crippen molar-refractivity contribution in [3.05, 3.63) is 59.7 Å². The van der Waals surface area contributed by atoms with E-state index in [1.165, 1.54) is 16.0 Å². The first kappa shape index (κ1) is 20.2. The molecule has 2 aliphatic rings. The summed E-state index contributed by atoms with van der Waals surface area (Å²) in [6, 6.07) is 15.7. The number of piperazine rings is 1. The average molecular weight is 403 g/mol. The molecule has 2 aromatic rings. The van der Waals surface area contributed by atoms with Gasteiger partial charge in [-0.2, -0.15) is 0 Å². The third-order valence-electron chi connectivity index (χ3n) is 5.53. The van der Waals surface area contributed by atoms with Crippen molar-refractivity contribution in [1.82, 2.24) is 9.80 Å². The summed E-state index contributed by atoms with van der Waals surface area (Å²) < 4.78 is 5.62. The molecule has 4 rings (SSSR count). The molecule has 6 nitrogen and oxygen atoms in total. The van der Waals surface area contributed by atoms with Gasteiger partial charge in [-0.1, -0.05) is 48.5 Å². The minimum absolute atomic E-state index is 0. The monoisotopic (exact) mass is 402 g/mol. The van der Waals surface area contributed by atoms with Crippen LogP contribution < -0.4 is 0 Å². The van der Waals surface area contributed by atoms with Crippen molar-refractivity contribution >= 4 is 24.5 Å².